The van der Waals surface area contributed by atoms with E-state index in [2.05, 4.69) is 0 Å². The Balaban J connectivity index is 2.98. The summed E-state index contributed by atoms with van der Waals surface area (Å²) in [6.07, 6.45) is -2.13. The Labute approximate surface area is 109 Å². The molecule has 0 radical (unpaired) electrons. The van der Waals surface area contributed by atoms with Crippen molar-refractivity contribution in [2.24, 2.45) is 0 Å². The van der Waals surface area contributed by atoms with E-state index in [1.54, 1.807) is 6.07 Å². The second kappa shape index (κ2) is 5.89. The minimum atomic E-state index is -4.28. The van der Waals surface area contributed by atoms with Crippen molar-refractivity contribution in [2.75, 3.05) is 0 Å². The second-order valence-corrected chi connectivity index (χ2v) is 4.88. The molecule has 0 aliphatic rings. The lowest BCUT2D eigenvalue weighted by molar-refractivity contribution is -0.137. The Morgan fingerprint density at radius 3 is 2.22 bits per heavy atom. The Morgan fingerprint density at radius 2 is 1.78 bits per heavy atom. The predicted octanol–water partition coefficient (Wildman–Crippen LogP) is 3.10. The van der Waals surface area contributed by atoms with Gasteiger partial charge in [-0.2, -0.15) is 13.2 Å². The van der Waals surface area contributed by atoms with Crippen LogP contribution >= 0.6 is 0 Å². The molecule has 0 fully saturated rings. The Morgan fingerprint density at radius 1 is 1.17 bits per heavy atom. The first kappa shape index (κ1) is 15.2. The van der Waals surface area contributed by atoms with Gasteiger partial charge in [0, 0.05) is 6.42 Å². The van der Waals surface area contributed by atoms with Crippen molar-refractivity contribution >= 4 is 10.5 Å². The lowest BCUT2D eigenvalue weighted by Gasteiger charge is -2.31. The van der Waals surface area contributed by atoms with Crippen molar-refractivity contribution in [1.82, 2.24) is 0 Å². The number of hydrogen-bond donors (Lipinski definition) is 0. The third-order valence-electron chi connectivity index (χ3n) is 3.50. The maximum absolute atomic E-state index is 12.6. The van der Waals surface area contributed by atoms with Gasteiger partial charge in [-0.15, -0.1) is 0 Å². The molecular formula is C13H19F3OSi. The molecule has 0 amide bonds. The molecule has 0 saturated heterocycles. The Kier molecular flexibility index (Phi) is 4.98. The van der Waals surface area contributed by atoms with Crippen molar-refractivity contribution in [3.63, 3.8) is 0 Å². The van der Waals surface area contributed by atoms with Crippen molar-refractivity contribution in [2.45, 2.75) is 44.9 Å². The minimum absolute atomic E-state index is 0.309. The van der Waals surface area contributed by atoms with Gasteiger partial charge in [0.25, 0.3) is 0 Å². The molecule has 0 unspecified atom stereocenters. The molecule has 18 heavy (non-hydrogen) atoms. The van der Waals surface area contributed by atoms with Crippen LogP contribution in [0.25, 0.3) is 0 Å². The van der Waals surface area contributed by atoms with Gasteiger partial charge in [-0.25, -0.2) is 0 Å². The molecule has 0 bridgehead atoms. The zero-order valence-electron chi connectivity index (χ0n) is 11.0. The lowest BCUT2D eigenvalue weighted by atomic mass is 9.89. The summed E-state index contributed by atoms with van der Waals surface area (Å²) in [6, 6.07) is 5.52. The summed E-state index contributed by atoms with van der Waals surface area (Å²) < 4.78 is 43.5. The van der Waals surface area contributed by atoms with Crippen LogP contribution in [-0.2, 0) is 17.0 Å². The van der Waals surface area contributed by atoms with Gasteiger partial charge < -0.3 is 4.43 Å². The summed E-state index contributed by atoms with van der Waals surface area (Å²) in [6.45, 7) is 4.02. The maximum atomic E-state index is 12.6. The number of rotatable bonds is 5. The standard InChI is InChI=1S/C13H19F3OSi/c1-3-12(4-2,17-18)9-10-6-5-7-11(8-10)13(14,15)16/h5-8H,3-4,9H2,1-2,18H3. The number of alkyl halides is 3. The molecule has 0 aliphatic heterocycles. The van der Waals surface area contributed by atoms with Crippen molar-refractivity contribution in [3.05, 3.63) is 35.4 Å². The molecule has 1 nitrogen and oxygen atoms in total. The first-order valence-electron chi connectivity index (χ1n) is 6.08. The van der Waals surface area contributed by atoms with E-state index in [0.29, 0.717) is 22.5 Å². The Bertz CT molecular complexity index is 378. The topological polar surface area (TPSA) is 9.23 Å². The summed E-state index contributed by atoms with van der Waals surface area (Å²) >= 11 is 0. The molecule has 0 heterocycles. The van der Waals surface area contributed by atoms with Crippen LogP contribution < -0.4 is 0 Å². The minimum Gasteiger partial charge on any atom is -0.422 e. The highest BCUT2D eigenvalue weighted by Crippen LogP contribution is 2.31. The quantitative estimate of drug-likeness (QED) is 0.751. The van der Waals surface area contributed by atoms with Crippen molar-refractivity contribution in [1.29, 1.82) is 0 Å². The van der Waals surface area contributed by atoms with Gasteiger partial charge in [0.05, 0.1) is 11.2 Å². The van der Waals surface area contributed by atoms with Crippen molar-refractivity contribution in [3.8, 4) is 0 Å². The Hall–Kier alpha value is -0.813. The average Bonchev–Trinajstić information content (AvgIpc) is 2.35. The van der Waals surface area contributed by atoms with Gasteiger partial charge in [-0.3, -0.25) is 0 Å². The molecule has 0 aromatic heterocycles. The van der Waals surface area contributed by atoms with Gasteiger partial charge in [0.1, 0.15) is 10.5 Å². The third kappa shape index (κ3) is 3.59. The van der Waals surface area contributed by atoms with Crippen LogP contribution in [0.1, 0.15) is 37.8 Å². The zero-order valence-corrected chi connectivity index (χ0v) is 13.0. The normalized spacial score (nSPS) is 12.9. The van der Waals surface area contributed by atoms with E-state index < -0.39 is 11.7 Å². The molecule has 0 aliphatic carbocycles. The molecule has 5 heteroatoms. The van der Waals surface area contributed by atoms with Crippen LogP contribution in [0.15, 0.2) is 24.3 Å². The fraction of sp³-hybridized carbons (Fsp3) is 0.538. The summed E-state index contributed by atoms with van der Waals surface area (Å²) in [5.41, 5.74) is -0.213. The van der Waals surface area contributed by atoms with Gasteiger partial charge in [0.2, 0.25) is 0 Å². The summed E-state index contributed by atoms with van der Waals surface area (Å²) in [7, 11) is 0.593. The van der Waals surface area contributed by atoms with Gasteiger partial charge in [0.15, 0.2) is 0 Å². The SMILES string of the molecule is CCC(CC)(Cc1cccc(C(F)(F)F)c1)O[SiH3]. The molecule has 0 N–H and O–H groups in total. The monoisotopic (exact) mass is 276 g/mol. The predicted molar refractivity (Wildman–Crippen MR) is 69.5 cm³/mol. The van der Waals surface area contributed by atoms with Gasteiger partial charge in [-0.05, 0) is 24.5 Å². The summed E-state index contributed by atoms with van der Waals surface area (Å²) in [5.74, 6) is 0. The van der Waals surface area contributed by atoms with E-state index in [0.717, 1.165) is 18.9 Å². The van der Waals surface area contributed by atoms with Crippen LogP contribution in [0.2, 0.25) is 0 Å². The van der Waals surface area contributed by atoms with Crippen LogP contribution in [0, 0.1) is 0 Å². The third-order valence-corrected chi connectivity index (χ3v) is 4.37. The van der Waals surface area contributed by atoms with Crippen molar-refractivity contribution < 1.29 is 17.6 Å². The summed E-state index contributed by atoms with van der Waals surface area (Å²) in [5, 5.41) is 0. The van der Waals surface area contributed by atoms with Crippen LogP contribution in [0.5, 0.6) is 0 Å². The largest absolute Gasteiger partial charge is 0.422 e. The van der Waals surface area contributed by atoms with E-state index in [4.69, 9.17) is 4.43 Å². The first-order chi connectivity index (χ1) is 8.37. The van der Waals surface area contributed by atoms with E-state index in [1.807, 2.05) is 13.8 Å². The van der Waals surface area contributed by atoms with E-state index in [1.165, 1.54) is 12.1 Å². The highest BCUT2D eigenvalue weighted by molar-refractivity contribution is 5.98. The average molecular weight is 276 g/mol. The molecule has 0 saturated carbocycles. The molecule has 0 atom stereocenters. The number of hydrogen-bond acceptors (Lipinski definition) is 1. The first-order valence-corrected chi connectivity index (χ1v) is 6.90. The van der Waals surface area contributed by atoms with Crippen LogP contribution in [0.4, 0.5) is 13.2 Å². The second-order valence-electron chi connectivity index (χ2n) is 4.47. The highest BCUT2D eigenvalue weighted by atomic mass is 28.2. The molecule has 0 spiro atoms. The molecular weight excluding hydrogens is 257 g/mol. The molecule has 1 rings (SSSR count). The smallest absolute Gasteiger partial charge is 0.416 e. The highest BCUT2D eigenvalue weighted by Gasteiger charge is 2.31. The maximum Gasteiger partial charge on any atom is 0.416 e. The van der Waals surface area contributed by atoms with E-state index in [9.17, 15) is 13.2 Å². The lowest BCUT2D eigenvalue weighted by Crippen LogP contribution is -2.33. The molecule has 102 valence electrons. The number of halogens is 3. The zero-order chi connectivity index (χ0) is 13.8. The van der Waals surface area contributed by atoms with Gasteiger partial charge >= 0.3 is 6.18 Å². The summed E-state index contributed by atoms with van der Waals surface area (Å²) in [4.78, 5) is 0. The number of benzene rings is 1. The fourth-order valence-electron chi connectivity index (χ4n) is 2.09. The molecule has 1 aromatic rings. The fourth-order valence-corrected chi connectivity index (χ4v) is 2.81. The molecule has 1 aromatic carbocycles. The van der Waals surface area contributed by atoms with Crippen LogP contribution in [-0.4, -0.2) is 16.1 Å². The van der Waals surface area contributed by atoms with E-state index >= 15 is 0 Å². The van der Waals surface area contributed by atoms with Crippen LogP contribution in [0.3, 0.4) is 0 Å². The van der Waals surface area contributed by atoms with Gasteiger partial charge in [-0.1, -0.05) is 32.0 Å². The van der Waals surface area contributed by atoms with E-state index in [-0.39, 0.29) is 5.60 Å².